The summed E-state index contributed by atoms with van der Waals surface area (Å²) in [6, 6.07) is 0.387. The predicted octanol–water partition coefficient (Wildman–Crippen LogP) is 1.53. The molecule has 1 amide bonds. The zero-order valence-electron chi connectivity index (χ0n) is 14.7. The van der Waals surface area contributed by atoms with Crippen molar-refractivity contribution in [3.05, 3.63) is 0 Å². The van der Waals surface area contributed by atoms with Crippen LogP contribution in [0.5, 0.6) is 0 Å². The first-order valence-electron chi connectivity index (χ1n) is 8.77. The summed E-state index contributed by atoms with van der Waals surface area (Å²) in [6.07, 6.45) is 2.21. The summed E-state index contributed by atoms with van der Waals surface area (Å²) in [5.74, 6) is 1.47. The van der Waals surface area contributed by atoms with Gasteiger partial charge in [-0.25, -0.2) is 0 Å². The smallest absolute Gasteiger partial charge is 0.233 e. The summed E-state index contributed by atoms with van der Waals surface area (Å²) < 4.78 is 7.58. The molecule has 1 saturated heterocycles. The van der Waals surface area contributed by atoms with E-state index in [0.29, 0.717) is 12.0 Å². The Balaban J connectivity index is 1.73. The minimum Gasteiger partial charge on any atom is -0.378 e. The van der Waals surface area contributed by atoms with Gasteiger partial charge in [-0.05, 0) is 25.7 Å². The maximum absolute atomic E-state index is 12.2. The lowest BCUT2D eigenvalue weighted by Crippen LogP contribution is -2.38. The molecular formula is C16H27N5O2S. The molecule has 1 N–H and O–H groups in total. The second-order valence-electron chi connectivity index (χ2n) is 6.93. The van der Waals surface area contributed by atoms with Crippen LogP contribution < -0.4 is 10.2 Å². The van der Waals surface area contributed by atoms with E-state index in [0.717, 1.165) is 56.8 Å². The zero-order chi connectivity index (χ0) is 17.1. The van der Waals surface area contributed by atoms with Crippen molar-refractivity contribution in [2.75, 3.05) is 31.2 Å². The van der Waals surface area contributed by atoms with Crippen LogP contribution in [0.4, 0.5) is 5.95 Å². The maximum atomic E-state index is 12.2. The van der Waals surface area contributed by atoms with Gasteiger partial charge in [0, 0.05) is 25.7 Å². The van der Waals surface area contributed by atoms with E-state index in [1.807, 2.05) is 6.92 Å². The Bertz CT molecular complexity index is 567. The van der Waals surface area contributed by atoms with Crippen molar-refractivity contribution in [2.24, 2.45) is 5.92 Å². The summed E-state index contributed by atoms with van der Waals surface area (Å²) in [4.78, 5) is 14.4. The average molecular weight is 353 g/mol. The van der Waals surface area contributed by atoms with E-state index < -0.39 is 0 Å². The number of hydrogen-bond donors (Lipinski definition) is 1. The molecule has 24 heavy (non-hydrogen) atoms. The molecule has 1 unspecified atom stereocenters. The largest absolute Gasteiger partial charge is 0.378 e. The second-order valence-corrected chi connectivity index (χ2v) is 8.24. The summed E-state index contributed by atoms with van der Waals surface area (Å²) in [5, 5.41) is 12.5. The first kappa shape index (κ1) is 17.5. The number of thioether (sulfide) groups is 1. The maximum Gasteiger partial charge on any atom is 0.233 e. The van der Waals surface area contributed by atoms with Gasteiger partial charge in [-0.1, -0.05) is 25.6 Å². The molecule has 0 aromatic carbocycles. The van der Waals surface area contributed by atoms with Gasteiger partial charge in [0.05, 0.1) is 18.5 Å². The van der Waals surface area contributed by atoms with Crippen molar-refractivity contribution in [2.45, 2.75) is 56.6 Å². The Hall–Kier alpha value is -1.28. The predicted molar refractivity (Wildman–Crippen MR) is 94.4 cm³/mol. The monoisotopic (exact) mass is 353 g/mol. The fourth-order valence-electron chi connectivity index (χ4n) is 2.65. The average Bonchev–Trinajstić information content (AvgIpc) is 3.29. The molecule has 1 aliphatic heterocycles. The van der Waals surface area contributed by atoms with Crippen molar-refractivity contribution in [1.82, 2.24) is 20.1 Å². The van der Waals surface area contributed by atoms with Crippen molar-refractivity contribution >= 4 is 23.6 Å². The number of nitrogens with one attached hydrogen (secondary N) is 1. The molecule has 3 rings (SSSR count). The summed E-state index contributed by atoms with van der Waals surface area (Å²) >= 11 is 1.49. The molecular weight excluding hydrogens is 326 g/mol. The lowest BCUT2D eigenvalue weighted by molar-refractivity contribution is -0.120. The molecule has 1 aromatic rings. The molecule has 0 spiro atoms. The third kappa shape index (κ3) is 4.42. The number of carbonyl (C=O) groups excluding carboxylic acids is 1. The Morgan fingerprint density at radius 3 is 2.62 bits per heavy atom. The summed E-state index contributed by atoms with van der Waals surface area (Å²) in [6.45, 7) is 10.2. The van der Waals surface area contributed by atoms with E-state index >= 15 is 0 Å². The number of hydrogen-bond acceptors (Lipinski definition) is 6. The number of nitrogens with zero attached hydrogens (tertiary/aromatic N) is 4. The van der Waals surface area contributed by atoms with Crippen LogP contribution in [-0.4, -0.2) is 58.3 Å². The second kappa shape index (κ2) is 7.74. The highest BCUT2D eigenvalue weighted by atomic mass is 32.2. The van der Waals surface area contributed by atoms with Gasteiger partial charge in [-0.2, -0.15) is 0 Å². The number of ether oxygens (including phenoxy) is 1. The Morgan fingerprint density at radius 1 is 1.29 bits per heavy atom. The van der Waals surface area contributed by atoms with Gasteiger partial charge in [0.2, 0.25) is 11.9 Å². The van der Waals surface area contributed by atoms with Crippen LogP contribution >= 0.6 is 11.8 Å². The van der Waals surface area contributed by atoms with Crippen LogP contribution in [0.15, 0.2) is 5.16 Å². The van der Waals surface area contributed by atoms with Crippen molar-refractivity contribution in [1.29, 1.82) is 0 Å². The van der Waals surface area contributed by atoms with E-state index in [1.54, 1.807) is 0 Å². The molecule has 7 nitrogen and oxygen atoms in total. The van der Waals surface area contributed by atoms with Gasteiger partial charge in [-0.3, -0.25) is 9.36 Å². The third-order valence-electron chi connectivity index (χ3n) is 4.11. The molecule has 134 valence electrons. The SMILES string of the molecule is CC(C)Cn1c(SC(C)C(=O)NC2CC2)nnc1N1CCOCC1. The Kier molecular flexibility index (Phi) is 5.65. The fraction of sp³-hybridized carbons (Fsp3) is 0.812. The van der Waals surface area contributed by atoms with E-state index in [2.05, 4.69) is 38.8 Å². The number of aromatic nitrogens is 3. The normalized spacial score (nSPS) is 19.6. The van der Waals surface area contributed by atoms with Crippen LogP contribution in [0.3, 0.4) is 0 Å². The van der Waals surface area contributed by atoms with Crippen molar-refractivity contribution in [3.63, 3.8) is 0 Å². The highest BCUT2D eigenvalue weighted by molar-refractivity contribution is 8.00. The quantitative estimate of drug-likeness (QED) is 0.750. The van der Waals surface area contributed by atoms with Crippen LogP contribution in [-0.2, 0) is 16.1 Å². The highest BCUT2D eigenvalue weighted by Gasteiger charge is 2.28. The van der Waals surface area contributed by atoms with E-state index in [1.165, 1.54) is 11.8 Å². The van der Waals surface area contributed by atoms with E-state index in [-0.39, 0.29) is 11.2 Å². The third-order valence-corrected chi connectivity index (χ3v) is 5.19. The molecule has 1 atom stereocenters. The highest BCUT2D eigenvalue weighted by Crippen LogP contribution is 2.28. The van der Waals surface area contributed by atoms with Crippen LogP contribution in [0.1, 0.15) is 33.6 Å². The molecule has 2 heterocycles. The summed E-state index contributed by atoms with van der Waals surface area (Å²) in [5.41, 5.74) is 0. The van der Waals surface area contributed by atoms with Gasteiger partial charge >= 0.3 is 0 Å². The minimum absolute atomic E-state index is 0.0921. The standard InChI is InChI=1S/C16H27N5O2S/c1-11(2)10-21-15(20-6-8-23-9-7-20)18-19-16(21)24-12(3)14(22)17-13-4-5-13/h11-13H,4-10H2,1-3H3,(H,17,22). The molecule has 2 aliphatic rings. The molecule has 2 fully saturated rings. The number of carbonyl (C=O) groups is 1. The van der Waals surface area contributed by atoms with Crippen LogP contribution in [0.25, 0.3) is 0 Å². The topological polar surface area (TPSA) is 72.3 Å². The first-order valence-corrected chi connectivity index (χ1v) is 9.65. The van der Waals surface area contributed by atoms with Crippen LogP contribution in [0, 0.1) is 5.92 Å². The molecule has 0 bridgehead atoms. The number of anilines is 1. The van der Waals surface area contributed by atoms with E-state index in [4.69, 9.17) is 4.74 Å². The lowest BCUT2D eigenvalue weighted by Gasteiger charge is -2.28. The fourth-order valence-corrected chi connectivity index (χ4v) is 3.51. The van der Waals surface area contributed by atoms with E-state index in [9.17, 15) is 4.79 Å². The molecule has 1 aliphatic carbocycles. The van der Waals surface area contributed by atoms with Gasteiger partial charge in [0.25, 0.3) is 0 Å². The van der Waals surface area contributed by atoms with Gasteiger partial charge < -0.3 is 15.0 Å². The van der Waals surface area contributed by atoms with Crippen LogP contribution in [0.2, 0.25) is 0 Å². The molecule has 1 saturated carbocycles. The first-order chi connectivity index (χ1) is 11.5. The van der Waals surface area contributed by atoms with Gasteiger partial charge in [-0.15, -0.1) is 10.2 Å². The number of rotatable bonds is 7. The summed E-state index contributed by atoms with van der Waals surface area (Å²) in [7, 11) is 0. The van der Waals surface area contributed by atoms with Gasteiger partial charge in [0.1, 0.15) is 0 Å². The molecule has 0 radical (unpaired) electrons. The molecule has 8 heteroatoms. The Labute approximate surface area is 147 Å². The molecule has 1 aromatic heterocycles. The Morgan fingerprint density at radius 2 is 2.00 bits per heavy atom. The van der Waals surface area contributed by atoms with Crippen molar-refractivity contribution in [3.8, 4) is 0 Å². The van der Waals surface area contributed by atoms with Gasteiger partial charge in [0.15, 0.2) is 5.16 Å². The minimum atomic E-state index is -0.168. The van der Waals surface area contributed by atoms with Crippen molar-refractivity contribution < 1.29 is 9.53 Å². The zero-order valence-corrected chi connectivity index (χ0v) is 15.5. The number of amides is 1. The number of morpholine rings is 1. The lowest BCUT2D eigenvalue weighted by atomic mass is 10.2.